The number of benzene rings is 1. The summed E-state index contributed by atoms with van der Waals surface area (Å²) in [6.07, 6.45) is 0.499. The molecule has 4 heteroatoms. The Kier molecular flexibility index (Phi) is 7.09. The Morgan fingerprint density at radius 2 is 1.80 bits per heavy atom. The molecule has 1 aromatic carbocycles. The zero-order valence-corrected chi connectivity index (χ0v) is 13.1. The molecule has 0 saturated carbocycles. The van der Waals surface area contributed by atoms with Crippen molar-refractivity contribution in [2.45, 2.75) is 26.2 Å². The van der Waals surface area contributed by atoms with Crippen molar-refractivity contribution in [1.29, 1.82) is 0 Å². The molecule has 0 spiro atoms. The molecule has 0 aliphatic carbocycles. The van der Waals surface area contributed by atoms with Gasteiger partial charge in [-0.1, -0.05) is 26.0 Å². The normalized spacial score (nSPS) is 10.9. The molecule has 1 rings (SSSR count). The number of carbonyl (C=O) groups is 1. The Bertz CT molecular complexity index is 399. The van der Waals surface area contributed by atoms with Crippen molar-refractivity contribution in [3.05, 3.63) is 29.8 Å². The smallest absolute Gasteiger partial charge is 0.221 e. The molecule has 2 N–H and O–H groups in total. The van der Waals surface area contributed by atoms with Crippen LogP contribution in [-0.4, -0.2) is 44.5 Å². The van der Waals surface area contributed by atoms with Crippen LogP contribution in [0.25, 0.3) is 0 Å². The Hall–Kier alpha value is -1.55. The fourth-order valence-corrected chi connectivity index (χ4v) is 1.81. The van der Waals surface area contributed by atoms with E-state index in [4.69, 9.17) is 0 Å². The maximum Gasteiger partial charge on any atom is 0.221 e. The number of likely N-dealkylation sites (N-methyl/N-ethyl adjacent to an activating group) is 1. The minimum Gasteiger partial charge on any atom is -0.385 e. The molecular formula is C16H27N3O. The van der Waals surface area contributed by atoms with E-state index < -0.39 is 0 Å². The average molecular weight is 277 g/mol. The van der Waals surface area contributed by atoms with E-state index >= 15 is 0 Å². The Morgan fingerprint density at radius 1 is 1.15 bits per heavy atom. The fourth-order valence-electron chi connectivity index (χ4n) is 1.81. The first-order chi connectivity index (χ1) is 9.49. The van der Waals surface area contributed by atoms with Crippen molar-refractivity contribution < 1.29 is 4.79 Å². The zero-order valence-electron chi connectivity index (χ0n) is 13.1. The zero-order chi connectivity index (χ0) is 15.0. The van der Waals surface area contributed by atoms with Gasteiger partial charge in [0, 0.05) is 31.7 Å². The second-order valence-electron chi connectivity index (χ2n) is 5.61. The van der Waals surface area contributed by atoms with Gasteiger partial charge in [-0.3, -0.25) is 4.79 Å². The number of hydrogen-bond acceptors (Lipinski definition) is 3. The molecule has 0 aromatic heterocycles. The second kappa shape index (κ2) is 8.59. The van der Waals surface area contributed by atoms with Gasteiger partial charge in [-0.25, -0.2) is 0 Å². The first-order valence-corrected chi connectivity index (χ1v) is 7.24. The van der Waals surface area contributed by atoms with Crippen molar-refractivity contribution in [1.82, 2.24) is 10.2 Å². The van der Waals surface area contributed by atoms with E-state index in [2.05, 4.69) is 53.6 Å². The predicted octanol–water partition coefficient (Wildman–Crippen LogP) is 2.29. The number of anilines is 1. The van der Waals surface area contributed by atoms with E-state index in [0.717, 1.165) is 12.2 Å². The highest BCUT2D eigenvalue weighted by atomic mass is 16.1. The lowest BCUT2D eigenvalue weighted by molar-refractivity contribution is -0.120. The summed E-state index contributed by atoms with van der Waals surface area (Å²) in [5.41, 5.74) is 2.40. The van der Waals surface area contributed by atoms with E-state index in [-0.39, 0.29) is 5.91 Å². The van der Waals surface area contributed by atoms with Gasteiger partial charge in [-0.05, 0) is 37.7 Å². The van der Waals surface area contributed by atoms with Gasteiger partial charge in [0.2, 0.25) is 5.91 Å². The summed E-state index contributed by atoms with van der Waals surface area (Å²) < 4.78 is 0. The van der Waals surface area contributed by atoms with Crippen LogP contribution in [0.2, 0.25) is 0 Å². The van der Waals surface area contributed by atoms with Gasteiger partial charge in [-0.2, -0.15) is 0 Å². The highest BCUT2D eigenvalue weighted by Gasteiger charge is 2.02. The van der Waals surface area contributed by atoms with Crippen LogP contribution in [0.15, 0.2) is 24.3 Å². The summed E-state index contributed by atoms with van der Waals surface area (Å²) in [7, 11) is 3.99. The number of carbonyl (C=O) groups excluding carboxylic acids is 1. The summed E-state index contributed by atoms with van der Waals surface area (Å²) in [6, 6.07) is 8.40. The van der Waals surface area contributed by atoms with Gasteiger partial charge < -0.3 is 15.5 Å². The molecule has 1 amide bonds. The third kappa shape index (κ3) is 6.57. The Labute approximate surface area is 122 Å². The predicted molar refractivity (Wildman–Crippen MR) is 85.2 cm³/mol. The van der Waals surface area contributed by atoms with Crippen LogP contribution < -0.4 is 10.6 Å². The van der Waals surface area contributed by atoms with Crippen molar-refractivity contribution in [2.24, 2.45) is 0 Å². The van der Waals surface area contributed by atoms with Gasteiger partial charge in [0.15, 0.2) is 0 Å². The van der Waals surface area contributed by atoms with E-state index in [1.807, 2.05) is 14.1 Å². The Morgan fingerprint density at radius 3 is 2.35 bits per heavy atom. The molecule has 0 fully saturated rings. The largest absolute Gasteiger partial charge is 0.385 e. The van der Waals surface area contributed by atoms with Crippen molar-refractivity contribution >= 4 is 11.6 Å². The average Bonchev–Trinajstić information content (AvgIpc) is 2.39. The minimum atomic E-state index is 0.0955. The fraction of sp³-hybridized carbons (Fsp3) is 0.562. The highest BCUT2D eigenvalue weighted by Crippen LogP contribution is 2.16. The first-order valence-electron chi connectivity index (χ1n) is 7.24. The van der Waals surface area contributed by atoms with Gasteiger partial charge in [0.25, 0.3) is 0 Å². The lowest BCUT2D eigenvalue weighted by Gasteiger charge is -2.11. The first kappa shape index (κ1) is 16.5. The lowest BCUT2D eigenvalue weighted by Crippen LogP contribution is -2.32. The van der Waals surface area contributed by atoms with E-state index in [9.17, 15) is 4.79 Å². The standard InChI is InChI=1S/C16H27N3O/c1-13(2)14-5-7-15(8-6-14)17-10-9-16(20)18-11-12-19(3)4/h5-8,13,17H,9-12H2,1-4H3,(H,18,20). The maximum atomic E-state index is 11.6. The van der Waals surface area contributed by atoms with Crippen LogP contribution in [0, 0.1) is 0 Å². The summed E-state index contributed by atoms with van der Waals surface area (Å²) in [5, 5.41) is 6.17. The molecule has 1 aromatic rings. The van der Waals surface area contributed by atoms with Gasteiger partial charge in [0.1, 0.15) is 0 Å². The number of rotatable bonds is 8. The third-order valence-electron chi connectivity index (χ3n) is 3.14. The topological polar surface area (TPSA) is 44.4 Å². The van der Waals surface area contributed by atoms with Crippen LogP contribution in [0.1, 0.15) is 31.7 Å². The van der Waals surface area contributed by atoms with Crippen molar-refractivity contribution in [2.75, 3.05) is 39.0 Å². The van der Waals surface area contributed by atoms with Crippen LogP contribution in [0.3, 0.4) is 0 Å². The quantitative estimate of drug-likeness (QED) is 0.766. The molecule has 0 heterocycles. The SMILES string of the molecule is CC(C)c1ccc(NCCC(=O)NCCN(C)C)cc1. The number of nitrogens with zero attached hydrogens (tertiary/aromatic N) is 1. The van der Waals surface area contributed by atoms with Crippen LogP contribution in [0.4, 0.5) is 5.69 Å². The highest BCUT2D eigenvalue weighted by molar-refractivity contribution is 5.76. The molecule has 112 valence electrons. The maximum absolute atomic E-state index is 11.6. The number of nitrogens with one attached hydrogen (secondary N) is 2. The van der Waals surface area contributed by atoms with Gasteiger partial charge >= 0.3 is 0 Å². The number of amides is 1. The molecule has 0 radical (unpaired) electrons. The molecule has 4 nitrogen and oxygen atoms in total. The molecule has 0 saturated heterocycles. The molecule has 0 aliphatic rings. The summed E-state index contributed by atoms with van der Waals surface area (Å²) in [5.74, 6) is 0.643. The van der Waals surface area contributed by atoms with E-state index in [0.29, 0.717) is 25.4 Å². The molecule has 0 atom stereocenters. The molecule has 0 bridgehead atoms. The van der Waals surface area contributed by atoms with Gasteiger partial charge in [-0.15, -0.1) is 0 Å². The third-order valence-corrected chi connectivity index (χ3v) is 3.14. The second-order valence-corrected chi connectivity index (χ2v) is 5.61. The van der Waals surface area contributed by atoms with Crippen LogP contribution >= 0.6 is 0 Å². The van der Waals surface area contributed by atoms with Gasteiger partial charge in [0.05, 0.1) is 0 Å². The van der Waals surface area contributed by atoms with E-state index in [1.54, 1.807) is 0 Å². The molecule has 20 heavy (non-hydrogen) atoms. The van der Waals surface area contributed by atoms with Crippen molar-refractivity contribution in [3.8, 4) is 0 Å². The molecule has 0 aliphatic heterocycles. The van der Waals surface area contributed by atoms with Crippen molar-refractivity contribution in [3.63, 3.8) is 0 Å². The summed E-state index contributed by atoms with van der Waals surface area (Å²) in [4.78, 5) is 13.6. The number of hydrogen-bond donors (Lipinski definition) is 2. The summed E-state index contributed by atoms with van der Waals surface area (Å²) in [6.45, 7) is 6.60. The lowest BCUT2D eigenvalue weighted by atomic mass is 10.0. The minimum absolute atomic E-state index is 0.0955. The van der Waals surface area contributed by atoms with Crippen LogP contribution in [0.5, 0.6) is 0 Å². The Balaban J connectivity index is 2.21. The van der Waals surface area contributed by atoms with Crippen LogP contribution in [-0.2, 0) is 4.79 Å². The molecule has 0 unspecified atom stereocenters. The monoisotopic (exact) mass is 277 g/mol. The molecular weight excluding hydrogens is 250 g/mol. The summed E-state index contributed by atoms with van der Waals surface area (Å²) >= 11 is 0. The van der Waals surface area contributed by atoms with E-state index in [1.165, 1.54) is 5.56 Å².